The number of esters is 1. The summed E-state index contributed by atoms with van der Waals surface area (Å²) in [6.07, 6.45) is 0. The number of para-hydroxylation sites is 1. The van der Waals surface area contributed by atoms with Gasteiger partial charge in [-0.2, -0.15) is 0 Å². The highest BCUT2D eigenvalue weighted by atomic mass is 35.5. The number of nitrogens with zero attached hydrogens (tertiary/aromatic N) is 1. The van der Waals surface area contributed by atoms with Crippen LogP contribution < -0.4 is 5.32 Å². The Morgan fingerprint density at radius 2 is 1.81 bits per heavy atom. The number of carbonyl (C=O) groups is 2. The Morgan fingerprint density at radius 3 is 2.53 bits per heavy atom. The van der Waals surface area contributed by atoms with Gasteiger partial charge in [0, 0.05) is 15.8 Å². The maximum absolute atomic E-state index is 13.5. The van der Waals surface area contributed by atoms with E-state index in [0.717, 1.165) is 21.6 Å². The quantitative estimate of drug-likeness (QED) is 0.346. The number of ether oxygens (including phenoxy) is 1. The SMILES string of the molecule is COC(=O)c1c(NC(=O)c2cc(-c3ccccc3C)nc3c(Cl)cccc23)sc(C)c1C. The summed E-state index contributed by atoms with van der Waals surface area (Å²) in [4.78, 5) is 31.5. The van der Waals surface area contributed by atoms with Crippen LogP contribution >= 0.6 is 22.9 Å². The second-order valence-corrected chi connectivity index (χ2v) is 9.07. The molecule has 2 heterocycles. The van der Waals surface area contributed by atoms with Crippen molar-refractivity contribution in [3.63, 3.8) is 0 Å². The number of amides is 1. The summed E-state index contributed by atoms with van der Waals surface area (Å²) in [6.45, 7) is 5.74. The van der Waals surface area contributed by atoms with Gasteiger partial charge in [-0.25, -0.2) is 9.78 Å². The predicted molar refractivity (Wildman–Crippen MR) is 130 cm³/mol. The Labute approximate surface area is 195 Å². The number of fused-ring (bicyclic) bond motifs is 1. The number of nitrogens with one attached hydrogen (secondary N) is 1. The molecule has 0 saturated heterocycles. The minimum absolute atomic E-state index is 0.346. The van der Waals surface area contributed by atoms with E-state index in [2.05, 4.69) is 5.32 Å². The first kappa shape index (κ1) is 22.0. The van der Waals surface area contributed by atoms with Crippen LogP contribution in [0, 0.1) is 20.8 Å². The molecule has 0 aliphatic carbocycles. The molecule has 32 heavy (non-hydrogen) atoms. The summed E-state index contributed by atoms with van der Waals surface area (Å²) in [6, 6.07) is 15.0. The van der Waals surface area contributed by atoms with Gasteiger partial charge in [0.2, 0.25) is 0 Å². The number of benzene rings is 2. The molecule has 0 unspecified atom stereocenters. The van der Waals surface area contributed by atoms with E-state index < -0.39 is 5.97 Å². The van der Waals surface area contributed by atoms with E-state index in [-0.39, 0.29) is 5.91 Å². The largest absolute Gasteiger partial charge is 0.465 e. The molecule has 1 N–H and O–H groups in total. The van der Waals surface area contributed by atoms with Crippen LogP contribution in [0.5, 0.6) is 0 Å². The highest BCUT2D eigenvalue weighted by Crippen LogP contribution is 2.35. The maximum atomic E-state index is 13.5. The van der Waals surface area contributed by atoms with Crippen LogP contribution in [0.15, 0.2) is 48.5 Å². The first-order valence-corrected chi connectivity index (χ1v) is 11.2. The molecule has 2 aromatic carbocycles. The molecule has 0 aliphatic heterocycles. The Hall–Kier alpha value is -3.22. The van der Waals surface area contributed by atoms with Crippen molar-refractivity contribution in [2.75, 3.05) is 12.4 Å². The van der Waals surface area contributed by atoms with E-state index in [1.165, 1.54) is 18.4 Å². The lowest BCUT2D eigenvalue weighted by Gasteiger charge is -2.13. The highest BCUT2D eigenvalue weighted by molar-refractivity contribution is 7.16. The van der Waals surface area contributed by atoms with Crippen LogP contribution in [0.2, 0.25) is 5.02 Å². The molecule has 0 aliphatic rings. The number of anilines is 1. The fourth-order valence-electron chi connectivity index (χ4n) is 3.63. The van der Waals surface area contributed by atoms with Gasteiger partial charge in [0.1, 0.15) is 5.00 Å². The molecule has 4 rings (SSSR count). The number of pyridine rings is 1. The first-order chi connectivity index (χ1) is 15.3. The molecule has 0 spiro atoms. The monoisotopic (exact) mass is 464 g/mol. The number of methoxy groups -OCH3 is 1. The van der Waals surface area contributed by atoms with E-state index in [4.69, 9.17) is 21.3 Å². The number of carbonyl (C=O) groups excluding carboxylic acids is 2. The number of aromatic nitrogens is 1. The Balaban J connectivity index is 1.87. The second kappa shape index (κ2) is 8.73. The third-order valence-electron chi connectivity index (χ3n) is 5.46. The average Bonchev–Trinajstić information content (AvgIpc) is 3.06. The normalized spacial score (nSPS) is 10.9. The van der Waals surface area contributed by atoms with Crippen LogP contribution in [0.1, 0.15) is 36.7 Å². The summed E-state index contributed by atoms with van der Waals surface area (Å²) in [5.41, 5.74) is 4.75. The van der Waals surface area contributed by atoms with Crippen LogP contribution in [0.3, 0.4) is 0 Å². The summed E-state index contributed by atoms with van der Waals surface area (Å²) in [5.74, 6) is -0.828. The molecule has 0 atom stereocenters. The second-order valence-electron chi connectivity index (χ2n) is 7.44. The van der Waals surface area contributed by atoms with Crippen LogP contribution in [0.25, 0.3) is 22.2 Å². The fraction of sp³-hybridized carbons (Fsp3) is 0.160. The van der Waals surface area contributed by atoms with E-state index >= 15 is 0 Å². The molecule has 162 valence electrons. The maximum Gasteiger partial charge on any atom is 0.341 e. The van der Waals surface area contributed by atoms with Crippen LogP contribution in [0.4, 0.5) is 5.00 Å². The zero-order chi connectivity index (χ0) is 23.0. The van der Waals surface area contributed by atoms with Crippen molar-refractivity contribution in [1.82, 2.24) is 4.98 Å². The van der Waals surface area contributed by atoms with Gasteiger partial charge in [0.25, 0.3) is 5.91 Å². The van der Waals surface area contributed by atoms with Gasteiger partial charge in [-0.3, -0.25) is 4.79 Å². The first-order valence-electron chi connectivity index (χ1n) is 9.96. The van der Waals surface area contributed by atoms with Crippen molar-refractivity contribution in [2.24, 2.45) is 0 Å². The average molecular weight is 465 g/mol. The fourth-order valence-corrected chi connectivity index (χ4v) is 4.89. The van der Waals surface area contributed by atoms with Crippen molar-refractivity contribution in [1.29, 1.82) is 0 Å². The van der Waals surface area contributed by atoms with Crippen molar-refractivity contribution in [3.05, 3.63) is 80.7 Å². The molecule has 0 fully saturated rings. The summed E-state index contributed by atoms with van der Waals surface area (Å²) >= 11 is 7.79. The molecule has 0 saturated carbocycles. The number of thiophene rings is 1. The number of rotatable bonds is 4. The van der Waals surface area contributed by atoms with Crippen molar-refractivity contribution < 1.29 is 14.3 Å². The van der Waals surface area contributed by atoms with E-state index in [1.54, 1.807) is 18.2 Å². The molecular formula is C25H21ClN2O3S. The summed E-state index contributed by atoms with van der Waals surface area (Å²) in [7, 11) is 1.33. The topological polar surface area (TPSA) is 68.3 Å². The Bertz CT molecular complexity index is 1380. The molecular weight excluding hydrogens is 444 g/mol. The third kappa shape index (κ3) is 3.87. The lowest BCUT2D eigenvalue weighted by Crippen LogP contribution is -2.15. The smallest absolute Gasteiger partial charge is 0.341 e. The molecule has 7 heteroatoms. The molecule has 0 radical (unpaired) electrons. The Kier molecular flexibility index (Phi) is 6.00. The van der Waals surface area contributed by atoms with Crippen LogP contribution in [-0.2, 0) is 4.74 Å². The summed E-state index contributed by atoms with van der Waals surface area (Å²) in [5, 5.41) is 4.48. The molecule has 0 bridgehead atoms. The summed E-state index contributed by atoms with van der Waals surface area (Å²) < 4.78 is 4.92. The highest BCUT2D eigenvalue weighted by Gasteiger charge is 2.23. The van der Waals surface area contributed by atoms with Crippen molar-refractivity contribution in [3.8, 4) is 11.3 Å². The van der Waals surface area contributed by atoms with E-state index in [0.29, 0.717) is 37.7 Å². The van der Waals surface area contributed by atoms with Gasteiger partial charge >= 0.3 is 5.97 Å². The number of aryl methyl sites for hydroxylation is 2. The minimum Gasteiger partial charge on any atom is -0.465 e. The van der Waals surface area contributed by atoms with Crippen molar-refractivity contribution >= 4 is 50.7 Å². The van der Waals surface area contributed by atoms with E-state index in [9.17, 15) is 9.59 Å². The van der Waals surface area contributed by atoms with Gasteiger partial charge in [-0.1, -0.05) is 48.0 Å². The Morgan fingerprint density at radius 1 is 1.06 bits per heavy atom. The number of halogens is 1. The molecule has 4 aromatic rings. The predicted octanol–water partition coefficient (Wildman–Crippen LogP) is 6.58. The zero-order valence-electron chi connectivity index (χ0n) is 18.1. The van der Waals surface area contributed by atoms with Crippen molar-refractivity contribution in [2.45, 2.75) is 20.8 Å². The van der Waals surface area contributed by atoms with Gasteiger partial charge in [-0.05, 0) is 44.0 Å². The molecule has 2 aromatic heterocycles. The molecule has 1 amide bonds. The molecule has 5 nitrogen and oxygen atoms in total. The van der Waals surface area contributed by atoms with Gasteiger partial charge in [0.15, 0.2) is 0 Å². The van der Waals surface area contributed by atoms with Crippen LogP contribution in [-0.4, -0.2) is 24.0 Å². The van der Waals surface area contributed by atoms with Gasteiger partial charge < -0.3 is 10.1 Å². The van der Waals surface area contributed by atoms with Gasteiger partial charge in [-0.15, -0.1) is 11.3 Å². The lowest BCUT2D eigenvalue weighted by atomic mass is 10.0. The third-order valence-corrected chi connectivity index (χ3v) is 6.89. The van der Waals surface area contributed by atoms with Gasteiger partial charge in [0.05, 0.1) is 34.5 Å². The van der Waals surface area contributed by atoms with E-state index in [1.807, 2.05) is 51.1 Å². The lowest BCUT2D eigenvalue weighted by molar-refractivity contribution is 0.0601. The minimum atomic E-state index is -0.481. The number of hydrogen-bond acceptors (Lipinski definition) is 5. The zero-order valence-corrected chi connectivity index (χ0v) is 19.6. The standard InChI is InChI=1S/C25H21ClN2O3S/c1-13-8-5-6-9-16(13)20-12-18(17-10-7-11-19(26)22(17)27-20)23(29)28-24-21(25(30)31-4)14(2)15(3)32-24/h5-12H,1-4H3,(H,28,29). The number of hydrogen-bond donors (Lipinski definition) is 1.